The summed E-state index contributed by atoms with van der Waals surface area (Å²) in [5, 5.41) is 10.2. The normalized spacial score (nSPS) is 10.9. The van der Waals surface area contributed by atoms with E-state index in [4.69, 9.17) is 0 Å². The van der Waals surface area contributed by atoms with Gasteiger partial charge in [0.2, 0.25) is 5.91 Å². The number of hydrogen-bond donors (Lipinski definition) is 3. The van der Waals surface area contributed by atoms with Gasteiger partial charge < -0.3 is 16.0 Å². The fourth-order valence-corrected chi connectivity index (χ4v) is 3.35. The van der Waals surface area contributed by atoms with Gasteiger partial charge in [0.15, 0.2) is 5.96 Å². The zero-order chi connectivity index (χ0) is 19.6. The molecule has 0 aliphatic rings. The van der Waals surface area contributed by atoms with Crippen LogP contribution in [0, 0.1) is 19.7 Å². The molecule has 0 saturated carbocycles. The van der Waals surface area contributed by atoms with Crippen LogP contribution in [0.25, 0.3) is 0 Å². The lowest BCUT2D eigenvalue weighted by molar-refractivity contribution is -0.120. The van der Waals surface area contributed by atoms with Crippen molar-refractivity contribution in [1.82, 2.24) is 20.9 Å². The number of aliphatic imine (C=N–C) groups is 1. The fourth-order valence-electron chi connectivity index (χ4n) is 2.49. The van der Waals surface area contributed by atoms with E-state index in [1.54, 1.807) is 23.5 Å². The van der Waals surface area contributed by atoms with Gasteiger partial charge in [0.05, 0.1) is 23.7 Å². The van der Waals surface area contributed by atoms with E-state index in [1.807, 2.05) is 20.8 Å². The topological polar surface area (TPSA) is 78.4 Å². The molecule has 2 rings (SSSR count). The Kier molecular flexibility index (Phi) is 11.0. The maximum absolute atomic E-state index is 13.1. The Bertz CT molecular complexity index is 796. The molecule has 0 atom stereocenters. The largest absolute Gasteiger partial charge is 0.357 e. The van der Waals surface area contributed by atoms with Crippen LogP contribution in [-0.4, -0.2) is 36.5 Å². The van der Waals surface area contributed by atoms with Crippen LogP contribution < -0.4 is 16.0 Å². The van der Waals surface area contributed by atoms with Crippen molar-refractivity contribution >= 4 is 47.2 Å². The van der Waals surface area contributed by atoms with E-state index in [0.29, 0.717) is 31.2 Å². The molecule has 0 spiro atoms. The van der Waals surface area contributed by atoms with Crippen LogP contribution in [0.5, 0.6) is 0 Å². The van der Waals surface area contributed by atoms with Gasteiger partial charge >= 0.3 is 0 Å². The van der Waals surface area contributed by atoms with Crippen LogP contribution in [0.4, 0.5) is 4.39 Å². The number of carbonyl (C=O) groups is 1. The van der Waals surface area contributed by atoms with Gasteiger partial charge in [-0.05, 0) is 38.5 Å². The van der Waals surface area contributed by atoms with E-state index in [-0.39, 0.29) is 42.1 Å². The zero-order valence-corrected chi connectivity index (χ0v) is 19.5. The summed E-state index contributed by atoms with van der Waals surface area (Å²) >= 11 is 1.65. The number of rotatable bonds is 8. The summed E-state index contributed by atoms with van der Waals surface area (Å²) in [5.41, 5.74) is 1.67. The Labute approximate surface area is 186 Å². The van der Waals surface area contributed by atoms with Crippen LogP contribution in [0.15, 0.2) is 29.3 Å². The molecule has 3 N–H and O–H groups in total. The van der Waals surface area contributed by atoms with Crippen LogP contribution in [0.2, 0.25) is 0 Å². The van der Waals surface area contributed by atoms with Crippen molar-refractivity contribution in [2.75, 3.05) is 19.6 Å². The maximum atomic E-state index is 13.1. The van der Waals surface area contributed by atoms with Crippen LogP contribution in [0.1, 0.15) is 28.1 Å². The standard InChI is InChI=1S/C19H26FN5OS.HI/c1-4-21-19(24-12-17-13(2)25-14(3)27-17)23-9-8-22-18(26)11-15-6-5-7-16(20)10-15;/h5-7,10H,4,8-9,11-12H2,1-3H3,(H,22,26)(H2,21,23,24);1H. The molecule has 1 amide bonds. The van der Waals surface area contributed by atoms with E-state index in [1.165, 1.54) is 12.1 Å². The minimum Gasteiger partial charge on any atom is -0.357 e. The number of aromatic nitrogens is 1. The van der Waals surface area contributed by atoms with Gasteiger partial charge in [-0.3, -0.25) is 4.79 Å². The smallest absolute Gasteiger partial charge is 0.224 e. The third kappa shape index (κ3) is 8.51. The zero-order valence-electron chi connectivity index (χ0n) is 16.3. The predicted molar refractivity (Wildman–Crippen MR) is 123 cm³/mol. The van der Waals surface area contributed by atoms with Crippen molar-refractivity contribution in [2.45, 2.75) is 33.7 Å². The number of nitrogens with one attached hydrogen (secondary N) is 3. The number of hydrogen-bond acceptors (Lipinski definition) is 4. The highest BCUT2D eigenvalue weighted by molar-refractivity contribution is 14.0. The second-order valence-corrected chi connectivity index (χ2v) is 7.31. The number of nitrogens with zero attached hydrogens (tertiary/aromatic N) is 2. The van der Waals surface area contributed by atoms with Crippen molar-refractivity contribution in [3.8, 4) is 0 Å². The summed E-state index contributed by atoms with van der Waals surface area (Å²) < 4.78 is 13.1. The van der Waals surface area contributed by atoms with Crippen molar-refractivity contribution in [3.05, 3.63) is 51.2 Å². The summed E-state index contributed by atoms with van der Waals surface area (Å²) in [6, 6.07) is 6.07. The molecule has 1 aromatic heterocycles. The van der Waals surface area contributed by atoms with Gasteiger partial charge in [-0.2, -0.15) is 0 Å². The fraction of sp³-hybridized carbons (Fsp3) is 0.421. The quantitative estimate of drug-likeness (QED) is 0.217. The van der Waals surface area contributed by atoms with Crippen molar-refractivity contribution < 1.29 is 9.18 Å². The number of benzene rings is 1. The molecule has 154 valence electrons. The highest BCUT2D eigenvalue weighted by Crippen LogP contribution is 2.17. The van der Waals surface area contributed by atoms with Crippen molar-refractivity contribution in [2.24, 2.45) is 4.99 Å². The van der Waals surface area contributed by atoms with E-state index in [2.05, 4.69) is 25.9 Å². The van der Waals surface area contributed by atoms with Crippen molar-refractivity contribution in [3.63, 3.8) is 0 Å². The predicted octanol–water partition coefficient (Wildman–Crippen LogP) is 2.93. The van der Waals surface area contributed by atoms with Crippen LogP contribution in [-0.2, 0) is 17.8 Å². The monoisotopic (exact) mass is 519 g/mol. The number of thiazole rings is 1. The molecule has 0 aliphatic heterocycles. The highest BCUT2D eigenvalue weighted by Gasteiger charge is 2.06. The summed E-state index contributed by atoms with van der Waals surface area (Å²) in [5.74, 6) is 0.224. The second kappa shape index (κ2) is 12.7. The van der Waals surface area contributed by atoms with Gasteiger partial charge in [0.1, 0.15) is 5.82 Å². The maximum Gasteiger partial charge on any atom is 0.224 e. The lowest BCUT2D eigenvalue weighted by Crippen LogP contribution is -2.41. The molecule has 2 aromatic rings. The molecule has 1 heterocycles. The molecular weight excluding hydrogens is 492 g/mol. The molecule has 0 saturated heterocycles. The number of guanidine groups is 1. The molecule has 0 fully saturated rings. The summed E-state index contributed by atoms with van der Waals surface area (Å²) in [7, 11) is 0. The molecule has 0 bridgehead atoms. The first-order chi connectivity index (χ1) is 13.0. The Hall–Kier alpha value is -1.75. The lowest BCUT2D eigenvalue weighted by Gasteiger charge is -2.12. The van der Waals surface area contributed by atoms with Crippen LogP contribution >= 0.6 is 35.3 Å². The minimum atomic E-state index is -0.333. The first kappa shape index (κ1) is 24.3. The van der Waals surface area contributed by atoms with E-state index >= 15 is 0 Å². The number of amides is 1. The third-order valence-electron chi connectivity index (χ3n) is 3.72. The first-order valence-corrected chi connectivity index (χ1v) is 9.75. The van der Waals surface area contributed by atoms with E-state index in [0.717, 1.165) is 22.1 Å². The van der Waals surface area contributed by atoms with Gasteiger partial charge in [-0.15, -0.1) is 35.3 Å². The summed E-state index contributed by atoms with van der Waals surface area (Å²) in [6.45, 7) is 8.29. The molecule has 0 unspecified atom stereocenters. The highest BCUT2D eigenvalue weighted by atomic mass is 127. The molecule has 0 radical (unpaired) electrons. The Balaban J connectivity index is 0.00000392. The van der Waals surface area contributed by atoms with Crippen LogP contribution in [0.3, 0.4) is 0 Å². The SMILES string of the molecule is CCNC(=NCc1sc(C)nc1C)NCCNC(=O)Cc1cccc(F)c1.I. The second-order valence-electron chi connectivity index (χ2n) is 6.02. The minimum absolute atomic E-state index is 0. The van der Waals surface area contributed by atoms with Gasteiger partial charge in [-0.1, -0.05) is 12.1 Å². The molecule has 0 aliphatic carbocycles. The van der Waals surface area contributed by atoms with E-state index < -0.39 is 0 Å². The Morgan fingerprint density at radius 2 is 1.96 bits per heavy atom. The molecular formula is C19H27FIN5OS. The number of carbonyl (C=O) groups excluding carboxylic acids is 1. The summed E-state index contributed by atoms with van der Waals surface area (Å²) in [4.78, 5) is 22.0. The molecule has 6 nitrogen and oxygen atoms in total. The van der Waals surface area contributed by atoms with Gasteiger partial charge in [-0.25, -0.2) is 14.4 Å². The third-order valence-corrected chi connectivity index (χ3v) is 4.78. The van der Waals surface area contributed by atoms with Gasteiger partial charge in [0.25, 0.3) is 0 Å². The molecule has 1 aromatic carbocycles. The first-order valence-electron chi connectivity index (χ1n) is 8.94. The number of halogens is 2. The Morgan fingerprint density at radius 3 is 2.61 bits per heavy atom. The average Bonchev–Trinajstić information content (AvgIpc) is 2.93. The summed E-state index contributed by atoms with van der Waals surface area (Å²) in [6.07, 6.45) is 0.163. The average molecular weight is 519 g/mol. The lowest BCUT2D eigenvalue weighted by atomic mass is 10.1. The van der Waals surface area contributed by atoms with E-state index in [9.17, 15) is 9.18 Å². The van der Waals surface area contributed by atoms with Gasteiger partial charge in [0, 0.05) is 24.5 Å². The van der Waals surface area contributed by atoms with Crippen molar-refractivity contribution in [1.29, 1.82) is 0 Å². The Morgan fingerprint density at radius 1 is 1.21 bits per heavy atom. The number of aryl methyl sites for hydroxylation is 2. The molecule has 9 heteroatoms. The molecule has 28 heavy (non-hydrogen) atoms.